The molecule has 10 heteroatoms. The minimum Gasteiger partial charge on any atom is -0.548 e. The fourth-order valence-electron chi connectivity index (χ4n) is 2.98. The van der Waals surface area contributed by atoms with Crippen LogP contribution < -0.4 is 34.6 Å². The maximum absolute atomic E-state index is 12.3. The molecule has 0 aliphatic carbocycles. The largest absolute Gasteiger partial charge is 1.00 e. The molecule has 9 nitrogen and oxygen atoms in total. The molecule has 1 unspecified atom stereocenters. The first-order chi connectivity index (χ1) is 13.9. The molecule has 160 valence electrons. The van der Waals surface area contributed by atoms with Crippen LogP contribution in [0, 0.1) is 0 Å². The summed E-state index contributed by atoms with van der Waals surface area (Å²) in [5.41, 5.74) is 1.70. The molecular formula is C20H28LiN3O6. The second-order valence-corrected chi connectivity index (χ2v) is 7.01. The number of carboxylic acids is 1. The number of ether oxygens (including phenoxy) is 2. The van der Waals surface area contributed by atoms with Crippen LogP contribution in [-0.2, 0) is 36.9 Å². The van der Waals surface area contributed by atoms with Gasteiger partial charge in [-0.15, -0.1) is 0 Å². The van der Waals surface area contributed by atoms with Crippen molar-refractivity contribution < 1.29 is 47.8 Å². The molecule has 1 aliphatic rings. The maximum atomic E-state index is 12.3. The molecule has 0 aromatic heterocycles. The van der Waals surface area contributed by atoms with Gasteiger partial charge in [-0.2, -0.15) is 0 Å². The Bertz CT molecular complexity index is 694. The molecule has 0 radical (unpaired) electrons. The molecule has 2 atom stereocenters. The normalized spacial score (nSPS) is 16.1. The van der Waals surface area contributed by atoms with Gasteiger partial charge in [-0.25, -0.2) is 0 Å². The van der Waals surface area contributed by atoms with E-state index in [4.69, 9.17) is 9.47 Å². The van der Waals surface area contributed by atoms with Crippen LogP contribution in [0.3, 0.4) is 0 Å². The molecule has 2 N–H and O–H groups in total. The summed E-state index contributed by atoms with van der Waals surface area (Å²) in [7, 11) is 1.59. The summed E-state index contributed by atoms with van der Waals surface area (Å²) < 4.78 is 10.3. The van der Waals surface area contributed by atoms with Crippen LogP contribution in [0.15, 0.2) is 24.3 Å². The minimum absolute atomic E-state index is 0. The fraction of sp³-hybridized carbons (Fsp3) is 0.550. The summed E-state index contributed by atoms with van der Waals surface area (Å²) in [6, 6.07) is 5.17. The van der Waals surface area contributed by atoms with E-state index in [0.29, 0.717) is 32.9 Å². The number of amides is 2. The monoisotopic (exact) mass is 413 g/mol. The summed E-state index contributed by atoms with van der Waals surface area (Å²) in [5.74, 6) is -2.26. The zero-order valence-corrected chi connectivity index (χ0v) is 17.8. The number of aliphatic carboxylic acids is 1. The number of carboxylic acid groups (broad SMARTS) is 1. The van der Waals surface area contributed by atoms with Gasteiger partial charge in [-0.05, 0) is 24.5 Å². The van der Waals surface area contributed by atoms with Gasteiger partial charge in [-0.3, -0.25) is 14.5 Å². The van der Waals surface area contributed by atoms with Crippen LogP contribution in [0.1, 0.15) is 18.1 Å². The molecule has 1 heterocycles. The zero-order valence-electron chi connectivity index (χ0n) is 17.8. The van der Waals surface area contributed by atoms with Gasteiger partial charge in [0, 0.05) is 20.2 Å². The van der Waals surface area contributed by atoms with E-state index in [-0.39, 0.29) is 37.7 Å². The summed E-state index contributed by atoms with van der Waals surface area (Å²) in [5, 5.41) is 16.5. The van der Waals surface area contributed by atoms with Gasteiger partial charge in [0.05, 0.1) is 38.4 Å². The van der Waals surface area contributed by atoms with Gasteiger partial charge >= 0.3 is 18.9 Å². The van der Waals surface area contributed by atoms with Crippen molar-refractivity contribution in [2.45, 2.75) is 32.0 Å². The van der Waals surface area contributed by atoms with Crippen molar-refractivity contribution in [2.75, 3.05) is 40.0 Å². The molecule has 30 heavy (non-hydrogen) atoms. The minimum atomic E-state index is -1.38. The molecule has 1 aliphatic heterocycles. The van der Waals surface area contributed by atoms with E-state index in [2.05, 4.69) is 10.6 Å². The number of benzene rings is 1. The van der Waals surface area contributed by atoms with Crippen LogP contribution in [0.5, 0.6) is 0 Å². The van der Waals surface area contributed by atoms with Gasteiger partial charge in [0.15, 0.2) is 0 Å². The van der Waals surface area contributed by atoms with Crippen molar-refractivity contribution in [1.82, 2.24) is 15.5 Å². The van der Waals surface area contributed by atoms with Crippen LogP contribution in [0.2, 0.25) is 0 Å². The molecular weight excluding hydrogens is 385 g/mol. The first kappa shape index (κ1) is 26.1. The number of carbonyl (C=O) groups is 3. The number of methoxy groups -OCH3 is 1. The fourth-order valence-corrected chi connectivity index (χ4v) is 2.98. The van der Waals surface area contributed by atoms with Crippen molar-refractivity contribution in [3.8, 4) is 0 Å². The molecule has 2 amide bonds. The van der Waals surface area contributed by atoms with Gasteiger partial charge in [0.2, 0.25) is 11.8 Å². The second-order valence-electron chi connectivity index (χ2n) is 7.01. The topological polar surface area (TPSA) is 120 Å². The third kappa shape index (κ3) is 8.86. The quantitative estimate of drug-likeness (QED) is 0.371. The van der Waals surface area contributed by atoms with Gasteiger partial charge < -0.3 is 30.0 Å². The van der Waals surface area contributed by atoms with E-state index in [0.717, 1.165) is 11.1 Å². The van der Waals surface area contributed by atoms with Gasteiger partial charge in [0.1, 0.15) is 6.04 Å². The number of hydrogen-bond acceptors (Lipinski definition) is 7. The number of hydrogen-bond donors (Lipinski definition) is 2. The van der Waals surface area contributed by atoms with Crippen molar-refractivity contribution in [3.05, 3.63) is 35.4 Å². The number of rotatable bonds is 10. The van der Waals surface area contributed by atoms with E-state index in [1.807, 2.05) is 17.0 Å². The molecule has 0 saturated carbocycles. The van der Waals surface area contributed by atoms with Crippen LogP contribution >= 0.6 is 0 Å². The summed E-state index contributed by atoms with van der Waals surface area (Å²) >= 11 is 0. The standard InChI is InChI=1S/C20H29N3O6.Li/c1-14(21-18(24)12-23-7-9-29-10-8-23)19(25)22-17(20(26)27)11-15-3-5-16(6-4-15)13-28-2;/h3-6,14,17H,7-13H2,1-2H3,(H,21,24)(H,22,25)(H,26,27);/q;+1/p-1/t14-,17?;/m0./s1. The number of nitrogens with zero attached hydrogens (tertiary/aromatic N) is 1. The maximum Gasteiger partial charge on any atom is 1.00 e. The van der Waals surface area contributed by atoms with Crippen molar-refractivity contribution in [2.24, 2.45) is 0 Å². The second kappa shape index (κ2) is 13.4. The zero-order chi connectivity index (χ0) is 21.2. The van der Waals surface area contributed by atoms with Crippen LogP contribution in [0.4, 0.5) is 0 Å². The Balaban J connectivity index is 0.00000450. The van der Waals surface area contributed by atoms with E-state index >= 15 is 0 Å². The first-order valence-electron chi connectivity index (χ1n) is 9.56. The average molecular weight is 413 g/mol. The van der Waals surface area contributed by atoms with Crippen molar-refractivity contribution in [1.29, 1.82) is 0 Å². The third-order valence-electron chi connectivity index (χ3n) is 4.62. The van der Waals surface area contributed by atoms with Gasteiger partial charge in [0.25, 0.3) is 0 Å². The molecule has 0 bridgehead atoms. The van der Waals surface area contributed by atoms with Crippen molar-refractivity contribution >= 4 is 17.8 Å². The number of carbonyl (C=O) groups excluding carboxylic acids is 3. The summed E-state index contributed by atoms with van der Waals surface area (Å²) in [6.45, 7) is 4.60. The average Bonchev–Trinajstić information content (AvgIpc) is 2.69. The van der Waals surface area contributed by atoms with Crippen LogP contribution in [0.25, 0.3) is 0 Å². The van der Waals surface area contributed by atoms with E-state index < -0.39 is 24.0 Å². The molecule has 1 aromatic carbocycles. The number of nitrogens with one attached hydrogen (secondary N) is 2. The van der Waals surface area contributed by atoms with Gasteiger partial charge in [-0.1, -0.05) is 24.3 Å². The Labute approximate surface area is 188 Å². The smallest absolute Gasteiger partial charge is 0.548 e. The first-order valence-corrected chi connectivity index (χ1v) is 9.56. The Morgan fingerprint density at radius 3 is 2.30 bits per heavy atom. The van der Waals surface area contributed by atoms with Crippen molar-refractivity contribution in [3.63, 3.8) is 0 Å². The summed E-state index contributed by atoms with van der Waals surface area (Å²) in [4.78, 5) is 37.9. The predicted molar refractivity (Wildman–Crippen MR) is 103 cm³/mol. The van der Waals surface area contributed by atoms with E-state index in [9.17, 15) is 19.5 Å². The Morgan fingerprint density at radius 1 is 1.13 bits per heavy atom. The Hall–Kier alpha value is -1.89. The third-order valence-corrected chi connectivity index (χ3v) is 4.62. The van der Waals surface area contributed by atoms with E-state index in [1.54, 1.807) is 19.2 Å². The van der Waals surface area contributed by atoms with E-state index in [1.165, 1.54) is 6.92 Å². The molecule has 1 aromatic rings. The summed E-state index contributed by atoms with van der Waals surface area (Å²) in [6.07, 6.45) is 0.0791. The molecule has 1 fully saturated rings. The Morgan fingerprint density at radius 2 is 1.73 bits per heavy atom. The number of morpholine rings is 1. The predicted octanol–water partition coefficient (Wildman–Crippen LogP) is -4.55. The Kier molecular flexibility index (Phi) is 11.7. The molecule has 2 rings (SSSR count). The molecule has 0 spiro atoms. The van der Waals surface area contributed by atoms with Crippen LogP contribution in [-0.4, -0.2) is 74.7 Å². The SMILES string of the molecule is COCc1ccc(CC(NC(=O)[C@H](C)NC(=O)CN2CCOCC2)C(=O)[O-])cc1.[Li+]. The molecule has 1 saturated heterocycles.